The Balaban J connectivity index is 1.31. The minimum atomic E-state index is 0.111. The molecule has 1 N–H and O–H groups in total. The standard InChI is InChI=1S/C24H37N3O2/c1-19-7-9-22(10-8-19)24(29)27-16-11-21(12-17-27)18-23(28)25-13-5-15-26-14-4-3-6-20(26)2/h7-10,20-21H,3-6,11-18H2,1-2H3,(H,25,28)/t20-/m1/s1. The van der Waals surface area contributed by atoms with E-state index < -0.39 is 0 Å². The number of rotatable bonds is 7. The van der Waals surface area contributed by atoms with E-state index in [1.54, 1.807) is 0 Å². The molecule has 29 heavy (non-hydrogen) atoms. The SMILES string of the molecule is Cc1ccc(C(=O)N2CCC(CC(=O)NCCCN3CCCC[C@H]3C)CC2)cc1. The predicted molar refractivity (Wildman–Crippen MR) is 117 cm³/mol. The van der Waals surface area contributed by atoms with Gasteiger partial charge in [-0.3, -0.25) is 9.59 Å². The van der Waals surface area contributed by atoms with Gasteiger partial charge in [0.2, 0.25) is 5.91 Å². The van der Waals surface area contributed by atoms with Crippen molar-refractivity contribution >= 4 is 11.8 Å². The molecule has 5 nitrogen and oxygen atoms in total. The van der Waals surface area contributed by atoms with E-state index >= 15 is 0 Å². The molecule has 0 radical (unpaired) electrons. The largest absolute Gasteiger partial charge is 0.356 e. The molecule has 0 unspecified atom stereocenters. The van der Waals surface area contributed by atoms with Crippen molar-refractivity contribution in [3.05, 3.63) is 35.4 Å². The fraction of sp³-hybridized carbons (Fsp3) is 0.667. The van der Waals surface area contributed by atoms with Crippen LogP contribution in [0.2, 0.25) is 0 Å². The molecule has 2 aliphatic rings. The number of piperidine rings is 2. The summed E-state index contributed by atoms with van der Waals surface area (Å²) in [5.41, 5.74) is 1.92. The second kappa shape index (κ2) is 10.8. The van der Waals surface area contributed by atoms with Gasteiger partial charge in [-0.05, 0) is 70.5 Å². The zero-order valence-electron chi connectivity index (χ0n) is 18.2. The quantitative estimate of drug-likeness (QED) is 0.713. The van der Waals surface area contributed by atoms with Crippen LogP contribution >= 0.6 is 0 Å². The van der Waals surface area contributed by atoms with E-state index in [-0.39, 0.29) is 11.8 Å². The van der Waals surface area contributed by atoms with Gasteiger partial charge in [0.25, 0.3) is 5.91 Å². The molecule has 0 aliphatic carbocycles. The zero-order valence-corrected chi connectivity index (χ0v) is 18.2. The van der Waals surface area contributed by atoms with Crippen molar-refractivity contribution < 1.29 is 9.59 Å². The average Bonchev–Trinajstić information content (AvgIpc) is 2.73. The average molecular weight is 400 g/mol. The number of nitrogens with zero attached hydrogens (tertiary/aromatic N) is 2. The Morgan fingerprint density at radius 3 is 2.45 bits per heavy atom. The first-order valence-corrected chi connectivity index (χ1v) is 11.4. The van der Waals surface area contributed by atoms with Crippen LogP contribution in [0, 0.1) is 12.8 Å². The summed E-state index contributed by atoms with van der Waals surface area (Å²) in [7, 11) is 0. The molecule has 0 saturated carbocycles. The van der Waals surface area contributed by atoms with E-state index in [0.717, 1.165) is 56.6 Å². The van der Waals surface area contributed by atoms with Crippen molar-refractivity contribution in [2.45, 2.75) is 64.8 Å². The first-order valence-electron chi connectivity index (χ1n) is 11.4. The minimum Gasteiger partial charge on any atom is -0.356 e. The van der Waals surface area contributed by atoms with Gasteiger partial charge >= 0.3 is 0 Å². The molecule has 1 atom stereocenters. The number of nitrogens with one attached hydrogen (secondary N) is 1. The summed E-state index contributed by atoms with van der Waals surface area (Å²) in [6.45, 7) is 8.89. The second-order valence-electron chi connectivity index (χ2n) is 8.89. The van der Waals surface area contributed by atoms with E-state index in [4.69, 9.17) is 0 Å². The van der Waals surface area contributed by atoms with Crippen molar-refractivity contribution in [3.8, 4) is 0 Å². The fourth-order valence-corrected chi connectivity index (χ4v) is 4.55. The van der Waals surface area contributed by atoms with Gasteiger partial charge in [0.05, 0.1) is 0 Å². The van der Waals surface area contributed by atoms with Crippen molar-refractivity contribution in [3.63, 3.8) is 0 Å². The van der Waals surface area contributed by atoms with Crippen molar-refractivity contribution in [1.82, 2.24) is 15.1 Å². The number of carbonyl (C=O) groups excluding carboxylic acids is 2. The smallest absolute Gasteiger partial charge is 0.253 e. The number of benzene rings is 1. The predicted octanol–water partition coefficient (Wildman–Crippen LogP) is 3.62. The van der Waals surface area contributed by atoms with Crippen LogP contribution in [0.25, 0.3) is 0 Å². The molecule has 160 valence electrons. The highest BCUT2D eigenvalue weighted by molar-refractivity contribution is 5.94. The summed E-state index contributed by atoms with van der Waals surface area (Å²) in [5.74, 6) is 0.666. The van der Waals surface area contributed by atoms with Crippen LogP contribution < -0.4 is 5.32 Å². The lowest BCUT2D eigenvalue weighted by Gasteiger charge is -2.33. The molecule has 0 spiro atoms. The Hall–Kier alpha value is -1.88. The number of hydrogen-bond acceptors (Lipinski definition) is 3. The fourth-order valence-electron chi connectivity index (χ4n) is 4.55. The van der Waals surface area contributed by atoms with Gasteiger partial charge in [-0.1, -0.05) is 24.1 Å². The van der Waals surface area contributed by atoms with Gasteiger partial charge in [-0.15, -0.1) is 0 Å². The maximum atomic E-state index is 12.6. The van der Waals surface area contributed by atoms with Crippen LogP contribution in [0.15, 0.2) is 24.3 Å². The number of likely N-dealkylation sites (tertiary alicyclic amines) is 2. The Labute approximate surface area is 175 Å². The van der Waals surface area contributed by atoms with Crippen LogP contribution in [0.4, 0.5) is 0 Å². The zero-order chi connectivity index (χ0) is 20.6. The summed E-state index contributed by atoms with van der Waals surface area (Å²) >= 11 is 0. The monoisotopic (exact) mass is 399 g/mol. The summed E-state index contributed by atoms with van der Waals surface area (Å²) in [5, 5.41) is 3.10. The van der Waals surface area contributed by atoms with E-state index in [1.165, 1.54) is 25.8 Å². The first-order chi connectivity index (χ1) is 14.0. The molecule has 2 amide bonds. The third kappa shape index (κ3) is 6.56. The maximum absolute atomic E-state index is 12.6. The first kappa shape index (κ1) is 21.8. The van der Waals surface area contributed by atoms with Crippen LogP contribution in [0.1, 0.15) is 67.8 Å². The van der Waals surface area contributed by atoms with Crippen LogP contribution in [-0.4, -0.2) is 60.4 Å². The third-order valence-electron chi connectivity index (χ3n) is 6.56. The van der Waals surface area contributed by atoms with Gasteiger partial charge in [-0.2, -0.15) is 0 Å². The Kier molecular flexibility index (Phi) is 8.10. The summed E-state index contributed by atoms with van der Waals surface area (Å²) < 4.78 is 0. The Morgan fingerprint density at radius 2 is 1.76 bits per heavy atom. The Bertz CT molecular complexity index is 665. The molecule has 3 rings (SSSR count). The van der Waals surface area contributed by atoms with Crippen LogP contribution in [0.3, 0.4) is 0 Å². The lowest BCUT2D eigenvalue weighted by Crippen LogP contribution is -2.40. The van der Waals surface area contributed by atoms with Crippen molar-refractivity contribution in [2.24, 2.45) is 5.92 Å². The van der Waals surface area contributed by atoms with E-state index in [1.807, 2.05) is 36.1 Å². The molecule has 1 aromatic carbocycles. The lowest BCUT2D eigenvalue weighted by atomic mass is 9.92. The lowest BCUT2D eigenvalue weighted by molar-refractivity contribution is -0.122. The van der Waals surface area contributed by atoms with Crippen molar-refractivity contribution in [1.29, 1.82) is 0 Å². The normalized spacial score (nSPS) is 21.2. The maximum Gasteiger partial charge on any atom is 0.253 e. The topological polar surface area (TPSA) is 52.7 Å². The van der Waals surface area contributed by atoms with Gasteiger partial charge in [0, 0.05) is 44.2 Å². The van der Waals surface area contributed by atoms with Gasteiger partial charge in [0.1, 0.15) is 0 Å². The van der Waals surface area contributed by atoms with Gasteiger partial charge in [0.15, 0.2) is 0 Å². The number of hydrogen-bond donors (Lipinski definition) is 1. The third-order valence-corrected chi connectivity index (χ3v) is 6.56. The van der Waals surface area contributed by atoms with Crippen molar-refractivity contribution in [2.75, 3.05) is 32.7 Å². The van der Waals surface area contributed by atoms with E-state index in [2.05, 4.69) is 17.1 Å². The highest BCUT2D eigenvalue weighted by Crippen LogP contribution is 2.22. The highest BCUT2D eigenvalue weighted by atomic mass is 16.2. The van der Waals surface area contributed by atoms with E-state index in [0.29, 0.717) is 18.4 Å². The second-order valence-corrected chi connectivity index (χ2v) is 8.89. The van der Waals surface area contributed by atoms with Gasteiger partial charge < -0.3 is 15.1 Å². The van der Waals surface area contributed by atoms with E-state index in [9.17, 15) is 9.59 Å². The molecular weight excluding hydrogens is 362 g/mol. The molecule has 0 aromatic heterocycles. The number of carbonyl (C=O) groups is 2. The number of amides is 2. The molecule has 2 aliphatic heterocycles. The molecule has 5 heteroatoms. The molecule has 1 aromatic rings. The molecule has 2 heterocycles. The summed E-state index contributed by atoms with van der Waals surface area (Å²) in [6.07, 6.45) is 7.40. The Morgan fingerprint density at radius 1 is 1.03 bits per heavy atom. The molecule has 0 bridgehead atoms. The summed E-state index contributed by atoms with van der Waals surface area (Å²) in [4.78, 5) is 29.4. The highest BCUT2D eigenvalue weighted by Gasteiger charge is 2.25. The molecular formula is C24H37N3O2. The van der Waals surface area contributed by atoms with Crippen LogP contribution in [0.5, 0.6) is 0 Å². The van der Waals surface area contributed by atoms with Gasteiger partial charge in [-0.25, -0.2) is 0 Å². The molecule has 2 fully saturated rings. The minimum absolute atomic E-state index is 0.111. The summed E-state index contributed by atoms with van der Waals surface area (Å²) in [6, 6.07) is 8.46. The van der Waals surface area contributed by atoms with Crippen LogP contribution in [-0.2, 0) is 4.79 Å². The number of aryl methyl sites for hydroxylation is 1. The molecule has 2 saturated heterocycles.